The number of carbonyl (C=O) groups excluding carboxylic acids is 3. The second-order valence-electron chi connectivity index (χ2n) is 6.55. The Morgan fingerprint density at radius 1 is 1.10 bits per heavy atom. The molecule has 2 aromatic carbocycles. The van der Waals surface area contributed by atoms with Gasteiger partial charge in [-0.15, -0.1) is 0 Å². The van der Waals surface area contributed by atoms with Gasteiger partial charge in [0.2, 0.25) is 0 Å². The third-order valence-electron chi connectivity index (χ3n) is 4.32. The van der Waals surface area contributed by atoms with Crippen LogP contribution in [0.5, 0.6) is 11.5 Å². The van der Waals surface area contributed by atoms with E-state index in [2.05, 4.69) is 5.32 Å². The molecule has 0 aliphatic carbocycles. The van der Waals surface area contributed by atoms with Crippen molar-refractivity contribution in [3.8, 4) is 11.5 Å². The molecule has 8 nitrogen and oxygen atoms in total. The number of halogens is 1. The summed E-state index contributed by atoms with van der Waals surface area (Å²) in [7, 11) is 1.58. The summed E-state index contributed by atoms with van der Waals surface area (Å²) in [5.41, 5.74) is 0.652. The number of esters is 1. The van der Waals surface area contributed by atoms with Crippen molar-refractivity contribution in [2.75, 3.05) is 33.4 Å². The van der Waals surface area contributed by atoms with E-state index in [4.69, 9.17) is 14.2 Å². The minimum absolute atomic E-state index is 0.180. The second kappa shape index (κ2) is 9.73. The number of likely N-dealkylation sites (N-methyl/N-ethyl adjacent to an activating group) is 1. The third-order valence-corrected chi connectivity index (χ3v) is 4.32. The highest BCUT2D eigenvalue weighted by molar-refractivity contribution is 5.96. The first-order chi connectivity index (χ1) is 14.4. The fourth-order valence-electron chi connectivity index (χ4n) is 2.74. The van der Waals surface area contributed by atoms with Crippen molar-refractivity contribution in [1.29, 1.82) is 0 Å². The lowest BCUT2D eigenvalue weighted by Crippen LogP contribution is -2.34. The summed E-state index contributed by atoms with van der Waals surface area (Å²) in [6.45, 7) is 0.296. The van der Waals surface area contributed by atoms with Crippen molar-refractivity contribution in [3.05, 3.63) is 59.4 Å². The van der Waals surface area contributed by atoms with Crippen LogP contribution in [0.3, 0.4) is 0 Å². The predicted molar refractivity (Wildman–Crippen MR) is 104 cm³/mol. The Bertz CT molecular complexity index is 949. The van der Waals surface area contributed by atoms with Gasteiger partial charge in [0.15, 0.2) is 18.1 Å². The number of carbonyl (C=O) groups is 3. The van der Waals surface area contributed by atoms with Crippen LogP contribution in [-0.4, -0.2) is 56.1 Å². The van der Waals surface area contributed by atoms with E-state index in [1.54, 1.807) is 19.2 Å². The number of ether oxygens (including phenoxy) is 3. The number of hydrogen-bond donors (Lipinski definition) is 1. The van der Waals surface area contributed by atoms with E-state index in [0.29, 0.717) is 24.7 Å². The molecule has 0 unspecified atom stereocenters. The second-order valence-corrected chi connectivity index (χ2v) is 6.55. The number of nitrogens with zero attached hydrogens (tertiary/aromatic N) is 1. The lowest BCUT2D eigenvalue weighted by atomic mass is 10.2. The highest BCUT2D eigenvalue weighted by atomic mass is 19.1. The molecule has 9 heteroatoms. The van der Waals surface area contributed by atoms with Crippen LogP contribution >= 0.6 is 0 Å². The van der Waals surface area contributed by atoms with Crippen LogP contribution in [0.1, 0.15) is 15.9 Å². The molecule has 1 heterocycles. The van der Waals surface area contributed by atoms with Gasteiger partial charge in [-0.3, -0.25) is 14.4 Å². The van der Waals surface area contributed by atoms with E-state index < -0.39 is 36.8 Å². The number of rotatable bonds is 7. The largest absolute Gasteiger partial charge is 0.486 e. The van der Waals surface area contributed by atoms with Crippen LogP contribution in [0.15, 0.2) is 42.5 Å². The highest BCUT2D eigenvalue weighted by Gasteiger charge is 2.17. The van der Waals surface area contributed by atoms with E-state index in [-0.39, 0.29) is 12.1 Å². The lowest BCUT2D eigenvalue weighted by Gasteiger charge is -2.21. The molecule has 0 saturated heterocycles. The number of amides is 2. The lowest BCUT2D eigenvalue weighted by molar-refractivity contribution is -0.150. The van der Waals surface area contributed by atoms with E-state index >= 15 is 0 Å². The van der Waals surface area contributed by atoms with Gasteiger partial charge in [0.1, 0.15) is 25.6 Å². The van der Waals surface area contributed by atoms with Crippen molar-refractivity contribution in [3.63, 3.8) is 0 Å². The molecule has 3 rings (SSSR count). The smallest absolute Gasteiger partial charge is 0.325 e. The molecular formula is C21H21FN2O6. The normalized spacial score (nSPS) is 12.1. The molecule has 1 aliphatic rings. The first kappa shape index (κ1) is 21.1. The third kappa shape index (κ3) is 5.47. The Labute approximate surface area is 172 Å². The predicted octanol–water partition coefficient (Wildman–Crippen LogP) is 1.53. The summed E-state index contributed by atoms with van der Waals surface area (Å²) in [6.07, 6.45) is 0. The fourth-order valence-corrected chi connectivity index (χ4v) is 2.74. The maximum atomic E-state index is 13.5. The summed E-state index contributed by atoms with van der Waals surface area (Å²) < 4.78 is 29.4. The number of hydrogen-bond acceptors (Lipinski definition) is 6. The van der Waals surface area contributed by atoms with Gasteiger partial charge in [-0.1, -0.05) is 18.2 Å². The Balaban J connectivity index is 1.42. The Morgan fingerprint density at radius 2 is 1.83 bits per heavy atom. The minimum atomic E-state index is -0.805. The van der Waals surface area contributed by atoms with Gasteiger partial charge in [0, 0.05) is 13.6 Å². The molecule has 0 atom stereocenters. The molecule has 1 N–H and O–H groups in total. The molecule has 0 bridgehead atoms. The Morgan fingerprint density at radius 3 is 2.60 bits per heavy atom. The van der Waals surface area contributed by atoms with Crippen molar-refractivity contribution in [2.24, 2.45) is 0 Å². The van der Waals surface area contributed by atoms with Crippen molar-refractivity contribution < 1.29 is 33.0 Å². The fraction of sp³-hybridized carbons (Fsp3) is 0.286. The molecule has 0 saturated carbocycles. The Hall–Kier alpha value is -3.62. The standard InChI is InChI=1S/C21H21FN2O6/c1-24(12-14-6-7-17-18(10-14)29-9-8-28-17)19(25)13-30-20(26)11-23-21(27)15-4-2-3-5-16(15)22/h2-7,10H,8-9,11-13H2,1H3,(H,23,27). The number of benzene rings is 2. The minimum Gasteiger partial charge on any atom is -0.486 e. The zero-order valence-corrected chi connectivity index (χ0v) is 16.4. The molecule has 0 radical (unpaired) electrons. The summed E-state index contributed by atoms with van der Waals surface area (Å²) in [5.74, 6) is -1.38. The van der Waals surface area contributed by atoms with Crippen LogP contribution in [0.2, 0.25) is 0 Å². The average molecular weight is 416 g/mol. The zero-order valence-electron chi connectivity index (χ0n) is 16.4. The van der Waals surface area contributed by atoms with Crippen LogP contribution in [0, 0.1) is 5.82 Å². The summed E-state index contributed by atoms with van der Waals surface area (Å²) in [4.78, 5) is 37.2. The Kier molecular flexibility index (Phi) is 6.84. The van der Waals surface area contributed by atoms with Crippen molar-refractivity contribution >= 4 is 17.8 Å². The first-order valence-corrected chi connectivity index (χ1v) is 9.25. The van der Waals surface area contributed by atoms with Crippen LogP contribution in [-0.2, 0) is 20.9 Å². The first-order valence-electron chi connectivity index (χ1n) is 9.25. The van der Waals surface area contributed by atoms with Gasteiger partial charge >= 0.3 is 5.97 Å². The molecule has 1 aliphatic heterocycles. The number of fused-ring (bicyclic) bond motifs is 1. The van der Waals surface area contributed by atoms with Crippen LogP contribution in [0.4, 0.5) is 4.39 Å². The summed E-state index contributed by atoms with van der Waals surface area (Å²) in [5, 5.41) is 2.26. The van der Waals surface area contributed by atoms with Crippen LogP contribution in [0.25, 0.3) is 0 Å². The molecule has 30 heavy (non-hydrogen) atoms. The van der Waals surface area contributed by atoms with E-state index in [1.165, 1.54) is 23.1 Å². The molecule has 0 aromatic heterocycles. The summed E-state index contributed by atoms with van der Waals surface area (Å²) >= 11 is 0. The van der Waals surface area contributed by atoms with Gasteiger partial charge in [0.25, 0.3) is 11.8 Å². The van der Waals surface area contributed by atoms with Gasteiger partial charge < -0.3 is 24.4 Å². The SMILES string of the molecule is CN(Cc1ccc2c(c1)OCCO2)C(=O)COC(=O)CNC(=O)c1ccccc1F. The topological polar surface area (TPSA) is 94.2 Å². The van der Waals surface area contributed by atoms with Gasteiger partial charge in [-0.05, 0) is 29.8 Å². The van der Waals surface area contributed by atoms with E-state index in [0.717, 1.165) is 11.6 Å². The molecule has 2 amide bonds. The van der Waals surface area contributed by atoms with E-state index in [9.17, 15) is 18.8 Å². The van der Waals surface area contributed by atoms with Gasteiger partial charge in [-0.25, -0.2) is 4.39 Å². The molecule has 0 spiro atoms. The number of nitrogens with one attached hydrogen (secondary N) is 1. The maximum Gasteiger partial charge on any atom is 0.325 e. The molecule has 2 aromatic rings. The zero-order chi connectivity index (χ0) is 21.5. The van der Waals surface area contributed by atoms with Crippen molar-refractivity contribution in [2.45, 2.75) is 6.54 Å². The summed E-state index contributed by atoms with van der Waals surface area (Å²) in [6, 6.07) is 10.8. The molecule has 0 fully saturated rings. The van der Waals surface area contributed by atoms with E-state index in [1.807, 2.05) is 6.07 Å². The highest BCUT2D eigenvalue weighted by Crippen LogP contribution is 2.31. The quantitative estimate of drug-likeness (QED) is 0.688. The van der Waals surface area contributed by atoms with Gasteiger partial charge in [0.05, 0.1) is 5.56 Å². The van der Waals surface area contributed by atoms with Crippen molar-refractivity contribution in [1.82, 2.24) is 10.2 Å². The van der Waals surface area contributed by atoms with Gasteiger partial charge in [-0.2, -0.15) is 0 Å². The average Bonchev–Trinajstić information content (AvgIpc) is 2.76. The molecular weight excluding hydrogens is 395 g/mol. The molecule has 158 valence electrons. The monoisotopic (exact) mass is 416 g/mol. The van der Waals surface area contributed by atoms with Crippen LogP contribution < -0.4 is 14.8 Å². The maximum absolute atomic E-state index is 13.5.